The minimum Gasteiger partial charge on any atom is -0.375 e. The maximum Gasteiger partial charge on any atom is 0.269 e. The molecule has 26 heavy (non-hydrogen) atoms. The van der Waals surface area contributed by atoms with Gasteiger partial charge >= 0.3 is 0 Å². The van der Waals surface area contributed by atoms with Crippen LogP contribution < -0.4 is 4.72 Å². The van der Waals surface area contributed by atoms with Crippen molar-refractivity contribution < 1.29 is 17.9 Å². The van der Waals surface area contributed by atoms with Gasteiger partial charge in [0.15, 0.2) is 0 Å². The predicted octanol–water partition coefficient (Wildman–Crippen LogP) is 2.44. The lowest BCUT2D eigenvalue weighted by atomic mass is 9.99. The molecule has 0 radical (unpaired) electrons. The molecule has 0 spiro atoms. The van der Waals surface area contributed by atoms with E-state index in [4.69, 9.17) is 4.74 Å². The summed E-state index contributed by atoms with van der Waals surface area (Å²) in [5, 5.41) is 9.86. The fourth-order valence-corrected chi connectivity index (χ4v) is 4.12. The molecule has 0 saturated heterocycles. The second-order valence-electron chi connectivity index (χ2n) is 5.91. The van der Waals surface area contributed by atoms with Crippen LogP contribution in [0.15, 0.2) is 46.2 Å². The molecule has 1 aliphatic rings. The Balaban J connectivity index is 1.98. The minimum absolute atomic E-state index is 0.0688. The standard InChI is InChI=1S/C17H19N3O4S2/c1-24-10-17(21)20-16(12-7-8-25-11-12)9-15(18-20)13-5-3-4-6-14(13)19-26(2,22)23/h3-8,11,16,19H,9-10H2,1-2H3/t16-/m1/s1. The predicted molar refractivity (Wildman–Crippen MR) is 102 cm³/mol. The normalized spacial score (nSPS) is 17.2. The highest BCUT2D eigenvalue weighted by molar-refractivity contribution is 7.92. The van der Waals surface area contributed by atoms with Crippen molar-refractivity contribution >= 4 is 38.7 Å². The highest BCUT2D eigenvalue weighted by Crippen LogP contribution is 2.35. The van der Waals surface area contributed by atoms with E-state index in [1.165, 1.54) is 12.1 Å². The van der Waals surface area contributed by atoms with E-state index in [0.29, 0.717) is 23.4 Å². The van der Waals surface area contributed by atoms with Crippen LogP contribution in [0.1, 0.15) is 23.6 Å². The van der Waals surface area contributed by atoms with Crippen molar-refractivity contribution in [1.29, 1.82) is 0 Å². The van der Waals surface area contributed by atoms with Gasteiger partial charge in [0, 0.05) is 19.1 Å². The Labute approximate surface area is 156 Å². The van der Waals surface area contributed by atoms with Crippen LogP contribution >= 0.6 is 11.3 Å². The number of rotatable bonds is 6. The molecule has 2 aromatic rings. The zero-order valence-corrected chi connectivity index (χ0v) is 16.0. The number of thiophene rings is 1. The number of carbonyl (C=O) groups is 1. The van der Waals surface area contributed by atoms with Gasteiger partial charge in [0.25, 0.3) is 5.91 Å². The number of amides is 1. The zero-order valence-electron chi connectivity index (χ0n) is 14.4. The highest BCUT2D eigenvalue weighted by atomic mass is 32.2. The van der Waals surface area contributed by atoms with E-state index in [-0.39, 0.29) is 18.6 Å². The fraction of sp³-hybridized carbons (Fsp3) is 0.294. The van der Waals surface area contributed by atoms with Crippen molar-refractivity contribution in [3.63, 3.8) is 0 Å². The van der Waals surface area contributed by atoms with Gasteiger partial charge in [-0.25, -0.2) is 13.4 Å². The summed E-state index contributed by atoms with van der Waals surface area (Å²) < 4.78 is 30.8. The van der Waals surface area contributed by atoms with E-state index in [1.54, 1.807) is 29.5 Å². The number of nitrogens with zero attached hydrogens (tertiary/aromatic N) is 2. The molecule has 9 heteroatoms. The molecule has 1 N–H and O–H groups in total. The Hall–Kier alpha value is -2.23. The van der Waals surface area contributed by atoms with Crippen LogP contribution in [-0.2, 0) is 19.6 Å². The van der Waals surface area contributed by atoms with Crippen molar-refractivity contribution in [2.75, 3.05) is 24.7 Å². The SMILES string of the molecule is COCC(=O)N1N=C(c2ccccc2NS(C)(=O)=O)C[C@@H]1c1ccsc1. The molecule has 1 aromatic heterocycles. The highest BCUT2D eigenvalue weighted by Gasteiger charge is 2.34. The molecule has 1 aromatic carbocycles. The summed E-state index contributed by atoms with van der Waals surface area (Å²) in [4.78, 5) is 12.4. The van der Waals surface area contributed by atoms with Crippen molar-refractivity contribution in [3.8, 4) is 0 Å². The molecule has 0 fully saturated rings. The van der Waals surface area contributed by atoms with Crippen LogP contribution in [0.4, 0.5) is 5.69 Å². The number of sulfonamides is 1. The summed E-state index contributed by atoms with van der Waals surface area (Å²) in [6.45, 7) is -0.0688. The number of hydrogen-bond acceptors (Lipinski definition) is 6. The Bertz CT molecular complexity index is 923. The minimum atomic E-state index is -3.43. The molecule has 0 aliphatic carbocycles. The molecule has 1 amide bonds. The molecule has 138 valence electrons. The lowest BCUT2D eigenvalue weighted by Gasteiger charge is -2.20. The van der Waals surface area contributed by atoms with Crippen LogP contribution in [0, 0.1) is 0 Å². The Morgan fingerprint density at radius 3 is 2.81 bits per heavy atom. The van der Waals surface area contributed by atoms with E-state index in [2.05, 4.69) is 9.82 Å². The van der Waals surface area contributed by atoms with Crippen molar-refractivity contribution in [2.24, 2.45) is 5.10 Å². The molecule has 0 unspecified atom stereocenters. The first kappa shape index (κ1) is 18.6. The first-order chi connectivity index (χ1) is 12.4. The number of anilines is 1. The summed E-state index contributed by atoms with van der Waals surface area (Å²) in [6.07, 6.45) is 1.59. The van der Waals surface area contributed by atoms with Crippen molar-refractivity contribution in [2.45, 2.75) is 12.5 Å². The second-order valence-corrected chi connectivity index (χ2v) is 8.44. The van der Waals surface area contributed by atoms with Crippen molar-refractivity contribution in [1.82, 2.24) is 5.01 Å². The number of ether oxygens (including phenoxy) is 1. The number of nitrogens with one attached hydrogen (secondary N) is 1. The third kappa shape index (κ3) is 4.12. The van der Waals surface area contributed by atoms with Crippen LogP contribution in [0.2, 0.25) is 0 Å². The van der Waals surface area contributed by atoms with E-state index in [9.17, 15) is 13.2 Å². The third-order valence-corrected chi connectivity index (χ3v) is 5.19. The molecule has 2 heterocycles. The van der Waals surface area contributed by atoms with Crippen LogP contribution in [-0.4, -0.2) is 45.0 Å². The molecule has 1 aliphatic heterocycles. The van der Waals surface area contributed by atoms with Gasteiger partial charge < -0.3 is 4.74 Å². The average Bonchev–Trinajstić information content (AvgIpc) is 3.23. The molecule has 0 saturated carbocycles. The van der Waals surface area contributed by atoms with E-state index < -0.39 is 10.0 Å². The maximum absolute atomic E-state index is 12.4. The average molecular weight is 393 g/mol. The summed E-state index contributed by atoms with van der Waals surface area (Å²) in [5.74, 6) is -0.243. The number of methoxy groups -OCH3 is 1. The number of carbonyl (C=O) groups excluding carboxylic acids is 1. The van der Waals surface area contributed by atoms with Crippen LogP contribution in [0.25, 0.3) is 0 Å². The van der Waals surface area contributed by atoms with E-state index in [1.807, 2.05) is 22.9 Å². The monoisotopic (exact) mass is 393 g/mol. The van der Waals surface area contributed by atoms with Gasteiger partial charge in [0.2, 0.25) is 10.0 Å². The second kappa shape index (κ2) is 7.56. The maximum atomic E-state index is 12.4. The summed E-state index contributed by atoms with van der Waals surface area (Å²) in [5.41, 5.74) is 2.74. The Morgan fingerprint density at radius 1 is 1.38 bits per heavy atom. The van der Waals surface area contributed by atoms with Crippen LogP contribution in [0.5, 0.6) is 0 Å². The lowest BCUT2D eigenvalue weighted by molar-refractivity contribution is -0.136. The number of benzene rings is 1. The van der Waals surface area contributed by atoms with Gasteiger partial charge in [-0.1, -0.05) is 18.2 Å². The summed E-state index contributed by atoms with van der Waals surface area (Å²) in [6, 6.07) is 8.76. The van der Waals surface area contributed by atoms with Gasteiger partial charge in [-0.3, -0.25) is 9.52 Å². The number of hydrogen-bond donors (Lipinski definition) is 1. The summed E-state index contributed by atoms with van der Waals surface area (Å²) in [7, 11) is -1.97. The zero-order chi connectivity index (χ0) is 18.7. The molecule has 7 nitrogen and oxygen atoms in total. The van der Waals surface area contributed by atoms with E-state index >= 15 is 0 Å². The smallest absolute Gasteiger partial charge is 0.269 e. The van der Waals surface area contributed by atoms with Crippen LogP contribution in [0.3, 0.4) is 0 Å². The number of para-hydroxylation sites is 1. The summed E-state index contributed by atoms with van der Waals surface area (Å²) >= 11 is 1.55. The molecular weight excluding hydrogens is 374 g/mol. The van der Waals surface area contributed by atoms with Gasteiger partial charge in [-0.05, 0) is 28.5 Å². The van der Waals surface area contributed by atoms with Gasteiger partial charge in [0.05, 0.1) is 23.7 Å². The molecular formula is C17H19N3O4S2. The van der Waals surface area contributed by atoms with Gasteiger partial charge in [-0.2, -0.15) is 16.4 Å². The number of hydrazone groups is 1. The first-order valence-corrected chi connectivity index (χ1v) is 10.7. The van der Waals surface area contributed by atoms with Crippen molar-refractivity contribution in [3.05, 3.63) is 52.2 Å². The lowest BCUT2D eigenvalue weighted by Crippen LogP contribution is -2.29. The quantitative estimate of drug-likeness (QED) is 0.816. The Morgan fingerprint density at radius 2 is 2.15 bits per heavy atom. The molecule has 1 atom stereocenters. The van der Waals surface area contributed by atoms with Gasteiger partial charge in [0.1, 0.15) is 6.61 Å². The fourth-order valence-electron chi connectivity index (χ4n) is 2.84. The third-order valence-electron chi connectivity index (χ3n) is 3.89. The first-order valence-electron chi connectivity index (χ1n) is 7.87. The van der Waals surface area contributed by atoms with Gasteiger partial charge in [-0.15, -0.1) is 0 Å². The van der Waals surface area contributed by atoms with E-state index in [0.717, 1.165) is 11.8 Å². The topological polar surface area (TPSA) is 88.1 Å². The molecule has 3 rings (SSSR count). The largest absolute Gasteiger partial charge is 0.375 e. The molecule has 0 bridgehead atoms. The Kier molecular flexibility index (Phi) is 5.40.